The Labute approximate surface area is 156 Å². The highest BCUT2D eigenvalue weighted by atomic mass is 35.5. The SMILES string of the molecule is Clc1ccccc1COc1ccc(C[NH2+]C2CCCCCCC2)cc1. The molecule has 0 atom stereocenters. The van der Waals surface area contributed by atoms with Crippen LogP contribution in [0.1, 0.15) is 56.1 Å². The molecular formula is C22H29ClNO+. The third-order valence-corrected chi connectivity index (χ3v) is 5.48. The summed E-state index contributed by atoms with van der Waals surface area (Å²) < 4.78 is 5.86. The van der Waals surface area contributed by atoms with E-state index in [1.165, 1.54) is 50.5 Å². The Morgan fingerprint density at radius 3 is 2.28 bits per heavy atom. The van der Waals surface area contributed by atoms with E-state index in [0.29, 0.717) is 6.61 Å². The summed E-state index contributed by atoms with van der Waals surface area (Å²) in [6, 6.07) is 17.1. The fourth-order valence-electron chi connectivity index (χ4n) is 3.52. The van der Waals surface area contributed by atoms with Gasteiger partial charge in [-0.15, -0.1) is 0 Å². The molecule has 25 heavy (non-hydrogen) atoms. The van der Waals surface area contributed by atoms with Crippen molar-refractivity contribution in [2.45, 2.75) is 64.1 Å². The van der Waals surface area contributed by atoms with E-state index in [2.05, 4.69) is 29.6 Å². The zero-order valence-electron chi connectivity index (χ0n) is 14.9. The van der Waals surface area contributed by atoms with E-state index in [1.807, 2.05) is 24.3 Å². The standard InChI is InChI=1S/C22H28ClNO/c23-22-11-7-6-8-19(22)17-25-21-14-12-18(13-15-21)16-24-20-9-4-2-1-3-5-10-20/h6-8,11-15,20,24H,1-5,9-10,16-17H2/p+1. The first-order valence-corrected chi connectivity index (χ1v) is 9.97. The van der Waals surface area contributed by atoms with Crippen LogP contribution in [0, 0.1) is 0 Å². The summed E-state index contributed by atoms with van der Waals surface area (Å²) in [4.78, 5) is 0. The third kappa shape index (κ3) is 6.05. The van der Waals surface area contributed by atoms with Gasteiger partial charge in [0, 0.05) is 16.1 Å². The van der Waals surface area contributed by atoms with Crippen molar-refractivity contribution in [2.75, 3.05) is 0 Å². The summed E-state index contributed by atoms with van der Waals surface area (Å²) >= 11 is 6.17. The fraction of sp³-hybridized carbons (Fsp3) is 0.455. The normalized spacial score (nSPS) is 16.2. The Morgan fingerprint density at radius 2 is 1.56 bits per heavy atom. The molecule has 2 aromatic carbocycles. The van der Waals surface area contributed by atoms with Gasteiger partial charge in [-0.25, -0.2) is 0 Å². The van der Waals surface area contributed by atoms with E-state index in [1.54, 1.807) is 0 Å². The molecule has 0 amide bonds. The van der Waals surface area contributed by atoms with Crippen LogP contribution >= 0.6 is 11.6 Å². The summed E-state index contributed by atoms with van der Waals surface area (Å²) in [7, 11) is 0. The van der Waals surface area contributed by atoms with Crippen molar-refractivity contribution in [1.82, 2.24) is 0 Å². The molecule has 0 radical (unpaired) electrons. The number of halogens is 1. The van der Waals surface area contributed by atoms with Gasteiger partial charge in [0.2, 0.25) is 0 Å². The number of hydrogen-bond acceptors (Lipinski definition) is 1. The van der Waals surface area contributed by atoms with E-state index in [4.69, 9.17) is 16.3 Å². The van der Waals surface area contributed by atoms with Crippen molar-refractivity contribution >= 4 is 11.6 Å². The van der Waals surface area contributed by atoms with Gasteiger partial charge in [0.15, 0.2) is 0 Å². The van der Waals surface area contributed by atoms with Gasteiger partial charge in [0.1, 0.15) is 18.9 Å². The van der Waals surface area contributed by atoms with Crippen LogP contribution in [0.4, 0.5) is 0 Å². The van der Waals surface area contributed by atoms with E-state index >= 15 is 0 Å². The monoisotopic (exact) mass is 358 g/mol. The van der Waals surface area contributed by atoms with Gasteiger partial charge in [-0.2, -0.15) is 0 Å². The van der Waals surface area contributed by atoms with Gasteiger partial charge in [0.25, 0.3) is 0 Å². The Hall–Kier alpha value is -1.51. The van der Waals surface area contributed by atoms with Crippen LogP contribution in [-0.2, 0) is 13.2 Å². The molecule has 0 bridgehead atoms. The van der Waals surface area contributed by atoms with Gasteiger partial charge in [-0.3, -0.25) is 0 Å². The number of hydrogen-bond donors (Lipinski definition) is 1. The molecule has 3 heteroatoms. The zero-order valence-corrected chi connectivity index (χ0v) is 15.7. The van der Waals surface area contributed by atoms with E-state index in [0.717, 1.165) is 28.9 Å². The first-order valence-electron chi connectivity index (χ1n) is 9.60. The minimum atomic E-state index is 0.507. The lowest BCUT2D eigenvalue weighted by molar-refractivity contribution is -0.706. The maximum absolute atomic E-state index is 6.17. The largest absolute Gasteiger partial charge is 0.489 e. The summed E-state index contributed by atoms with van der Waals surface area (Å²) in [5, 5.41) is 3.29. The fourth-order valence-corrected chi connectivity index (χ4v) is 3.71. The van der Waals surface area contributed by atoms with Gasteiger partial charge < -0.3 is 10.1 Å². The minimum absolute atomic E-state index is 0.507. The van der Waals surface area contributed by atoms with Crippen LogP contribution in [-0.4, -0.2) is 6.04 Å². The minimum Gasteiger partial charge on any atom is -0.489 e. The molecule has 1 aliphatic carbocycles. The molecule has 1 saturated carbocycles. The molecule has 0 spiro atoms. The van der Waals surface area contributed by atoms with Crippen LogP contribution in [0.3, 0.4) is 0 Å². The lowest BCUT2D eigenvalue weighted by Crippen LogP contribution is -2.88. The Morgan fingerprint density at radius 1 is 0.880 bits per heavy atom. The van der Waals surface area contributed by atoms with Gasteiger partial charge >= 0.3 is 0 Å². The highest BCUT2D eigenvalue weighted by Gasteiger charge is 2.13. The molecule has 2 aromatic rings. The lowest BCUT2D eigenvalue weighted by Gasteiger charge is -2.18. The maximum atomic E-state index is 6.17. The van der Waals surface area contributed by atoms with E-state index in [-0.39, 0.29) is 0 Å². The van der Waals surface area contributed by atoms with Crippen molar-refractivity contribution in [3.05, 3.63) is 64.7 Å². The van der Waals surface area contributed by atoms with Gasteiger partial charge in [0.05, 0.1) is 6.04 Å². The highest BCUT2D eigenvalue weighted by Crippen LogP contribution is 2.19. The maximum Gasteiger partial charge on any atom is 0.119 e. The van der Waals surface area contributed by atoms with E-state index in [9.17, 15) is 0 Å². The van der Waals surface area contributed by atoms with Crippen LogP contribution < -0.4 is 10.1 Å². The predicted octanol–water partition coefficient (Wildman–Crippen LogP) is 5.10. The summed E-state index contributed by atoms with van der Waals surface area (Å²) in [5.41, 5.74) is 2.39. The molecule has 0 aliphatic heterocycles. The van der Waals surface area contributed by atoms with Crippen molar-refractivity contribution in [2.24, 2.45) is 0 Å². The Kier molecular flexibility index (Phi) is 7.20. The Balaban J connectivity index is 1.46. The lowest BCUT2D eigenvalue weighted by atomic mass is 9.96. The number of ether oxygens (including phenoxy) is 1. The first kappa shape index (κ1) is 18.3. The molecule has 134 valence electrons. The molecule has 1 aliphatic rings. The van der Waals surface area contributed by atoms with Gasteiger partial charge in [-0.1, -0.05) is 49.1 Å². The van der Waals surface area contributed by atoms with Crippen molar-refractivity contribution in [1.29, 1.82) is 0 Å². The summed E-state index contributed by atoms with van der Waals surface area (Å²) in [6.07, 6.45) is 9.82. The highest BCUT2D eigenvalue weighted by molar-refractivity contribution is 6.31. The predicted molar refractivity (Wildman–Crippen MR) is 104 cm³/mol. The second kappa shape index (κ2) is 9.84. The molecule has 0 unspecified atom stereocenters. The zero-order chi connectivity index (χ0) is 17.3. The molecule has 3 rings (SSSR count). The second-order valence-corrected chi connectivity index (χ2v) is 7.48. The smallest absolute Gasteiger partial charge is 0.119 e. The molecule has 0 aromatic heterocycles. The van der Waals surface area contributed by atoms with Crippen molar-refractivity contribution < 1.29 is 10.1 Å². The summed E-state index contributed by atoms with van der Waals surface area (Å²) in [5.74, 6) is 0.898. The van der Waals surface area contributed by atoms with Gasteiger partial charge in [-0.05, 0) is 56.0 Å². The average molecular weight is 359 g/mol. The molecule has 0 saturated heterocycles. The number of rotatable bonds is 6. The van der Waals surface area contributed by atoms with Crippen LogP contribution in [0.2, 0.25) is 5.02 Å². The molecule has 1 fully saturated rings. The average Bonchev–Trinajstić information content (AvgIpc) is 2.61. The topological polar surface area (TPSA) is 25.8 Å². The van der Waals surface area contributed by atoms with E-state index < -0.39 is 0 Å². The number of nitrogens with two attached hydrogens (primary N) is 1. The molecule has 0 heterocycles. The van der Waals surface area contributed by atoms with Crippen LogP contribution in [0.25, 0.3) is 0 Å². The first-order chi connectivity index (χ1) is 12.3. The van der Waals surface area contributed by atoms with Crippen molar-refractivity contribution in [3.63, 3.8) is 0 Å². The number of benzene rings is 2. The molecular weight excluding hydrogens is 330 g/mol. The quantitative estimate of drug-likeness (QED) is 0.764. The van der Waals surface area contributed by atoms with Crippen LogP contribution in [0.5, 0.6) is 5.75 Å². The van der Waals surface area contributed by atoms with Crippen molar-refractivity contribution in [3.8, 4) is 5.75 Å². The second-order valence-electron chi connectivity index (χ2n) is 7.07. The number of quaternary nitrogens is 1. The molecule has 2 N–H and O–H groups in total. The van der Waals surface area contributed by atoms with Crippen LogP contribution in [0.15, 0.2) is 48.5 Å². The Bertz CT molecular complexity index is 633. The summed E-state index contributed by atoms with van der Waals surface area (Å²) in [6.45, 7) is 1.57. The third-order valence-electron chi connectivity index (χ3n) is 5.11. The molecule has 2 nitrogen and oxygen atoms in total.